The number of nitrogens with zero attached hydrogens (tertiary/aromatic N) is 3. The molecule has 0 saturated heterocycles. The van der Waals surface area contributed by atoms with Crippen LogP contribution in [-0.4, -0.2) is 44.0 Å². The molecule has 1 fully saturated rings. The molecule has 0 atom stereocenters. The fourth-order valence-corrected chi connectivity index (χ4v) is 1.91. The Labute approximate surface area is 120 Å². The summed E-state index contributed by atoms with van der Waals surface area (Å²) in [4.78, 5) is 34.3. The lowest BCUT2D eigenvalue weighted by atomic mass is 10.1. The van der Waals surface area contributed by atoms with E-state index in [1.807, 2.05) is 0 Å². The van der Waals surface area contributed by atoms with Gasteiger partial charge >= 0.3 is 12.0 Å². The van der Waals surface area contributed by atoms with Gasteiger partial charge in [0.1, 0.15) is 6.54 Å². The number of carbonyl (C=O) groups excluding carboxylic acids is 2. The van der Waals surface area contributed by atoms with Gasteiger partial charge in [0, 0.05) is 6.04 Å². The van der Waals surface area contributed by atoms with Crippen LogP contribution in [0.5, 0.6) is 0 Å². The zero-order chi connectivity index (χ0) is 15.6. The molecule has 0 bridgehead atoms. The van der Waals surface area contributed by atoms with E-state index in [1.165, 1.54) is 4.68 Å². The van der Waals surface area contributed by atoms with E-state index in [1.54, 1.807) is 13.8 Å². The van der Waals surface area contributed by atoms with Gasteiger partial charge in [-0.25, -0.2) is 14.3 Å². The van der Waals surface area contributed by atoms with Crippen LogP contribution in [0, 0.1) is 0 Å². The lowest BCUT2D eigenvalue weighted by Crippen LogP contribution is -2.42. The second-order valence-corrected chi connectivity index (χ2v) is 5.24. The first-order valence-corrected chi connectivity index (χ1v) is 6.65. The van der Waals surface area contributed by atoms with Crippen molar-refractivity contribution in [2.24, 2.45) is 0 Å². The Hall–Kier alpha value is -2.45. The first-order valence-electron chi connectivity index (χ1n) is 6.65. The first-order chi connectivity index (χ1) is 9.88. The molecule has 1 aromatic rings. The van der Waals surface area contributed by atoms with Crippen molar-refractivity contribution in [2.75, 3.05) is 0 Å². The highest BCUT2D eigenvalue weighted by molar-refractivity contribution is 5.94. The molecule has 3 amide bonds. The molecule has 0 aliphatic heterocycles. The molecular weight excluding hydrogens is 278 g/mol. The summed E-state index contributed by atoms with van der Waals surface area (Å²) in [6, 6.07) is -0.402. The smallest absolute Gasteiger partial charge is 0.358 e. The molecular formula is C12H17N5O4. The largest absolute Gasteiger partial charge is 0.476 e. The van der Waals surface area contributed by atoms with Gasteiger partial charge in [0.05, 0.1) is 5.69 Å². The van der Waals surface area contributed by atoms with Crippen molar-refractivity contribution in [3.63, 3.8) is 0 Å². The summed E-state index contributed by atoms with van der Waals surface area (Å²) in [5.74, 6) is -1.94. The number of aromatic carboxylic acids is 1. The summed E-state index contributed by atoms with van der Waals surface area (Å²) in [5.41, 5.74) is 0.167. The van der Waals surface area contributed by atoms with Crippen LogP contribution < -0.4 is 10.6 Å². The Bertz CT molecular complexity index is 576. The standard InChI is InChI=1S/C12H17N5O4/c1-6(2)10-9(11(19)20)15-16-17(10)5-8(18)14-12(21)13-7-3-4-7/h6-7H,3-5H2,1-2H3,(H,19,20)(H2,13,14,18,21). The van der Waals surface area contributed by atoms with Crippen LogP contribution in [0.25, 0.3) is 0 Å². The fraction of sp³-hybridized carbons (Fsp3) is 0.583. The van der Waals surface area contributed by atoms with E-state index in [4.69, 9.17) is 5.11 Å². The number of nitrogens with one attached hydrogen (secondary N) is 2. The van der Waals surface area contributed by atoms with E-state index >= 15 is 0 Å². The van der Waals surface area contributed by atoms with Crippen LogP contribution >= 0.6 is 0 Å². The average Bonchev–Trinajstić information content (AvgIpc) is 3.05. The molecule has 2 rings (SSSR count). The number of hydrogen-bond acceptors (Lipinski definition) is 5. The van der Waals surface area contributed by atoms with Crippen LogP contribution in [0.2, 0.25) is 0 Å². The average molecular weight is 295 g/mol. The summed E-state index contributed by atoms with van der Waals surface area (Å²) < 4.78 is 1.20. The molecule has 114 valence electrons. The van der Waals surface area contributed by atoms with Gasteiger partial charge in [-0.05, 0) is 18.8 Å². The minimum atomic E-state index is -1.20. The van der Waals surface area contributed by atoms with Crippen LogP contribution in [0.3, 0.4) is 0 Å². The molecule has 1 aromatic heterocycles. The van der Waals surface area contributed by atoms with Crippen molar-refractivity contribution < 1.29 is 19.5 Å². The topological polar surface area (TPSA) is 126 Å². The van der Waals surface area contributed by atoms with Gasteiger partial charge < -0.3 is 10.4 Å². The Morgan fingerprint density at radius 3 is 2.57 bits per heavy atom. The number of rotatable bonds is 5. The van der Waals surface area contributed by atoms with Crippen molar-refractivity contribution >= 4 is 17.9 Å². The second kappa shape index (κ2) is 5.90. The minimum absolute atomic E-state index is 0.147. The summed E-state index contributed by atoms with van der Waals surface area (Å²) >= 11 is 0. The molecule has 21 heavy (non-hydrogen) atoms. The fourth-order valence-electron chi connectivity index (χ4n) is 1.91. The predicted octanol–water partition coefficient (Wildman–Crippen LogP) is 0.0879. The molecule has 1 heterocycles. The Kier molecular flexibility index (Phi) is 4.20. The lowest BCUT2D eigenvalue weighted by molar-refractivity contribution is -0.120. The van der Waals surface area contributed by atoms with Crippen molar-refractivity contribution in [1.29, 1.82) is 0 Å². The number of carboxylic acids is 1. The van der Waals surface area contributed by atoms with E-state index in [-0.39, 0.29) is 24.2 Å². The zero-order valence-electron chi connectivity index (χ0n) is 11.8. The van der Waals surface area contributed by atoms with Gasteiger partial charge in [-0.15, -0.1) is 5.10 Å². The van der Waals surface area contributed by atoms with Gasteiger partial charge in [0.25, 0.3) is 0 Å². The molecule has 9 nitrogen and oxygen atoms in total. The molecule has 0 aromatic carbocycles. The summed E-state index contributed by atoms with van der Waals surface area (Å²) in [6.07, 6.45) is 1.84. The van der Waals surface area contributed by atoms with E-state index in [2.05, 4.69) is 20.9 Å². The number of aromatic nitrogens is 3. The van der Waals surface area contributed by atoms with Crippen molar-refractivity contribution in [3.8, 4) is 0 Å². The number of carboxylic acid groups (broad SMARTS) is 1. The minimum Gasteiger partial charge on any atom is -0.476 e. The lowest BCUT2D eigenvalue weighted by Gasteiger charge is -2.10. The maximum Gasteiger partial charge on any atom is 0.358 e. The van der Waals surface area contributed by atoms with E-state index in [0.29, 0.717) is 5.69 Å². The predicted molar refractivity (Wildman–Crippen MR) is 70.8 cm³/mol. The summed E-state index contributed by atoms with van der Waals surface area (Å²) in [7, 11) is 0. The molecule has 1 aliphatic carbocycles. The third kappa shape index (κ3) is 3.77. The zero-order valence-corrected chi connectivity index (χ0v) is 11.8. The number of carbonyl (C=O) groups is 3. The van der Waals surface area contributed by atoms with Crippen LogP contribution in [0.1, 0.15) is 48.8 Å². The van der Waals surface area contributed by atoms with Crippen molar-refractivity contribution in [3.05, 3.63) is 11.4 Å². The van der Waals surface area contributed by atoms with Crippen molar-refractivity contribution in [1.82, 2.24) is 25.6 Å². The highest BCUT2D eigenvalue weighted by Gasteiger charge is 2.25. The number of amides is 3. The quantitative estimate of drug-likeness (QED) is 0.706. The molecule has 0 unspecified atom stereocenters. The third-order valence-corrected chi connectivity index (χ3v) is 2.98. The van der Waals surface area contributed by atoms with Gasteiger partial charge in [0.15, 0.2) is 5.69 Å². The normalized spacial score (nSPS) is 14.0. The third-order valence-electron chi connectivity index (χ3n) is 2.98. The van der Waals surface area contributed by atoms with Crippen LogP contribution in [-0.2, 0) is 11.3 Å². The van der Waals surface area contributed by atoms with E-state index in [9.17, 15) is 14.4 Å². The summed E-state index contributed by atoms with van der Waals surface area (Å²) in [6.45, 7) is 3.30. The molecule has 0 radical (unpaired) electrons. The van der Waals surface area contributed by atoms with Gasteiger partial charge in [-0.1, -0.05) is 19.1 Å². The van der Waals surface area contributed by atoms with Crippen LogP contribution in [0.4, 0.5) is 4.79 Å². The van der Waals surface area contributed by atoms with Gasteiger partial charge in [-0.2, -0.15) is 0 Å². The SMILES string of the molecule is CC(C)c1c(C(=O)O)nnn1CC(=O)NC(=O)NC1CC1. The van der Waals surface area contributed by atoms with Gasteiger partial charge in [0.2, 0.25) is 5.91 Å². The van der Waals surface area contributed by atoms with Crippen LogP contribution in [0.15, 0.2) is 0 Å². The number of urea groups is 1. The van der Waals surface area contributed by atoms with Gasteiger partial charge in [-0.3, -0.25) is 10.1 Å². The van der Waals surface area contributed by atoms with E-state index < -0.39 is 17.9 Å². The highest BCUT2D eigenvalue weighted by Crippen LogP contribution is 2.18. The first kappa shape index (κ1) is 14.9. The monoisotopic (exact) mass is 295 g/mol. The molecule has 9 heteroatoms. The Balaban J connectivity index is 2.02. The second-order valence-electron chi connectivity index (χ2n) is 5.24. The van der Waals surface area contributed by atoms with E-state index in [0.717, 1.165) is 12.8 Å². The summed E-state index contributed by atoms with van der Waals surface area (Å²) in [5, 5.41) is 21.1. The Morgan fingerprint density at radius 2 is 2.05 bits per heavy atom. The maximum absolute atomic E-state index is 11.8. The molecule has 3 N–H and O–H groups in total. The number of imide groups is 1. The highest BCUT2D eigenvalue weighted by atomic mass is 16.4. The maximum atomic E-state index is 11.8. The van der Waals surface area contributed by atoms with Crippen molar-refractivity contribution in [2.45, 2.75) is 45.2 Å². The Morgan fingerprint density at radius 1 is 1.38 bits per heavy atom. The molecule has 1 saturated carbocycles. The number of hydrogen-bond donors (Lipinski definition) is 3. The molecule has 1 aliphatic rings. The molecule has 0 spiro atoms.